The number of benzene rings is 2. The predicted molar refractivity (Wildman–Crippen MR) is 158 cm³/mol. The number of fused-ring (bicyclic) bond motifs is 1. The lowest BCUT2D eigenvalue weighted by Crippen LogP contribution is -2.39. The summed E-state index contributed by atoms with van der Waals surface area (Å²) in [6.07, 6.45) is 1.42. The Morgan fingerprint density at radius 2 is 1.59 bits per heavy atom. The fourth-order valence-electron chi connectivity index (χ4n) is 3.91. The number of amides is 1. The molecule has 1 unspecified atom stereocenters. The van der Waals surface area contributed by atoms with Crippen LogP contribution in [0.1, 0.15) is 69.2 Å². The van der Waals surface area contributed by atoms with E-state index >= 15 is 0 Å². The third-order valence-electron chi connectivity index (χ3n) is 5.62. The second-order valence-corrected chi connectivity index (χ2v) is 12.7. The summed E-state index contributed by atoms with van der Waals surface area (Å²) in [4.78, 5) is 35.8. The number of ether oxygens (including phenoxy) is 3. The molecule has 9 heteroatoms. The summed E-state index contributed by atoms with van der Waals surface area (Å²) in [7, 11) is 0. The summed E-state index contributed by atoms with van der Waals surface area (Å²) in [5.74, 6) is 0. The van der Waals surface area contributed by atoms with Gasteiger partial charge in [0.05, 0.1) is 13.2 Å². The Labute approximate surface area is 244 Å². The number of carbonyl (C=O) groups is 2. The zero-order valence-corrected chi connectivity index (χ0v) is 25.1. The van der Waals surface area contributed by atoms with Crippen molar-refractivity contribution in [1.82, 2.24) is 10.0 Å². The molecule has 4 rings (SSSR count). The Hall–Kier alpha value is -3.95. The molecule has 8 nitrogen and oxygen atoms in total. The highest BCUT2D eigenvalue weighted by atomic mass is 32.1. The van der Waals surface area contributed by atoms with E-state index in [1.165, 1.54) is 4.70 Å². The minimum absolute atomic E-state index is 0.0292. The average molecular weight is 577 g/mol. The SMILES string of the molecule is CC(C)(C)OC(=O)ON(Cc1ccc(C(OCc2cccnc2)c2cc3ccccc3s2)cc1)C(=O)OC(C)(C)C. The standard InChI is InChI=1S/C32H36N2O6S/c1-31(2,3)38-29(35)34(40-30(36)39-32(4,5)6)20-22-13-15-24(16-14-22)28(37-21-23-10-9-17-33-19-23)27-18-25-11-7-8-12-26(25)41-27/h7-19,28H,20-21H2,1-6H3. The highest BCUT2D eigenvalue weighted by Crippen LogP contribution is 2.36. The van der Waals surface area contributed by atoms with E-state index in [2.05, 4.69) is 23.2 Å². The van der Waals surface area contributed by atoms with E-state index in [4.69, 9.17) is 19.0 Å². The van der Waals surface area contributed by atoms with Crippen molar-refractivity contribution in [1.29, 1.82) is 0 Å². The van der Waals surface area contributed by atoms with E-state index < -0.39 is 23.5 Å². The summed E-state index contributed by atoms with van der Waals surface area (Å²) < 4.78 is 18.3. The van der Waals surface area contributed by atoms with Crippen LogP contribution in [0.25, 0.3) is 10.1 Å². The van der Waals surface area contributed by atoms with Gasteiger partial charge in [0.2, 0.25) is 0 Å². The van der Waals surface area contributed by atoms with Gasteiger partial charge in [-0.2, -0.15) is 0 Å². The minimum Gasteiger partial charge on any atom is -0.442 e. The quantitative estimate of drug-likeness (QED) is 0.162. The van der Waals surface area contributed by atoms with Crippen LogP contribution in [-0.2, 0) is 32.2 Å². The molecule has 216 valence electrons. The van der Waals surface area contributed by atoms with Gasteiger partial charge < -0.3 is 14.2 Å². The van der Waals surface area contributed by atoms with E-state index in [-0.39, 0.29) is 12.6 Å². The van der Waals surface area contributed by atoms with Gasteiger partial charge >= 0.3 is 12.2 Å². The van der Waals surface area contributed by atoms with Gasteiger partial charge in [0.15, 0.2) is 0 Å². The van der Waals surface area contributed by atoms with Gasteiger partial charge in [-0.1, -0.05) is 48.5 Å². The molecule has 0 aliphatic rings. The first kappa shape index (κ1) is 30.0. The van der Waals surface area contributed by atoms with Gasteiger partial charge in [-0.25, -0.2) is 9.59 Å². The van der Waals surface area contributed by atoms with Crippen LogP contribution >= 0.6 is 11.3 Å². The molecule has 41 heavy (non-hydrogen) atoms. The highest BCUT2D eigenvalue weighted by molar-refractivity contribution is 7.19. The molecule has 1 atom stereocenters. The van der Waals surface area contributed by atoms with Crippen LogP contribution in [-0.4, -0.2) is 33.5 Å². The van der Waals surface area contributed by atoms with Crippen molar-refractivity contribution in [2.24, 2.45) is 0 Å². The van der Waals surface area contributed by atoms with E-state index in [0.29, 0.717) is 6.61 Å². The summed E-state index contributed by atoms with van der Waals surface area (Å²) in [5.41, 5.74) is 1.09. The number of hydrogen-bond donors (Lipinski definition) is 0. The van der Waals surface area contributed by atoms with Crippen LogP contribution in [0.3, 0.4) is 0 Å². The maximum atomic E-state index is 12.9. The second kappa shape index (κ2) is 12.7. The molecule has 2 aromatic heterocycles. The van der Waals surface area contributed by atoms with Gasteiger partial charge in [0.25, 0.3) is 0 Å². The Morgan fingerprint density at radius 1 is 0.878 bits per heavy atom. The molecule has 0 spiro atoms. The number of thiophene rings is 1. The molecular formula is C32H36N2O6S. The first-order chi connectivity index (χ1) is 19.4. The molecule has 2 heterocycles. The first-order valence-electron chi connectivity index (χ1n) is 13.4. The molecule has 0 saturated heterocycles. The fourth-order valence-corrected chi connectivity index (χ4v) is 5.05. The molecule has 0 fully saturated rings. The minimum atomic E-state index is -0.992. The van der Waals surface area contributed by atoms with Gasteiger partial charge in [-0.15, -0.1) is 16.4 Å². The fraction of sp³-hybridized carbons (Fsp3) is 0.344. The number of hydrogen-bond acceptors (Lipinski definition) is 8. The van der Waals surface area contributed by atoms with Crippen LogP contribution < -0.4 is 0 Å². The van der Waals surface area contributed by atoms with Crippen LogP contribution in [0.15, 0.2) is 79.1 Å². The number of hydroxylamine groups is 2. The maximum Gasteiger partial charge on any atom is 0.534 e. The number of pyridine rings is 1. The average Bonchev–Trinajstić information content (AvgIpc) is 3.32. The largest absolute Gasteiger partial charge is 0.534 e. The zero-order chi connectivity index (χ0) is 29.6. The Kier molecular flexibility index (Phi) is 9.30. The normalized spacial score (nSPS) is 12.5. The van der Waals surface area contributed by atoms with E-state index in [1.807, 2.05) is 48.5 Å². The molecular weight excluding hydrogens is 540 g/mol. The Morgan fingerprint density at radius 3 is 2.22 bits per heavy atom. The summed E-state index contributed by atoms with van der Waals surface area (Å²) in [6, 6.07) is 21.9. The summed E-state index contributed by atoms with van der Waals surface area (Å²) in [6.45, 7) is 10.7. The smallest absolute Gasteiger partial charge is 0.442 e. The summed E-state index contributed by atoms with van der Waals surface area (Å²) in [5, 5.41) is 2.03. The lowest BCUT2D eigenvalue weighted by molar-refractivity contribution is -0.140. The van der Waals surface area contributed by atoms with E-state index in [1.54, 1.807) is 65.3 Å². The van der Waals surface area contributed by atoms with Crippen molar-refractivity contribution in [3.8, 4) is 0 Å². The lowest BCUT2D eigenvalue weighted by atomic mass is 10.0. The first-order valence-corrected chi connectivity index (χ1v) is 14.2. The van der Waals surface area contributed by atoms with Crippen LogP contribution in [0.4, 0.5) is 9.59 Å². The number of nitrogens with zero attached hydrogens (tertiary/aromatic N) is 2. The number of aromatic nitrogens is 1. The third kappa shape index (κ3) is 9.03. The van der Waals surface area contributed by atoms with Crippen molar-refractivity contribution in [3.63, 3.8) is 0 Å². The van der Waals surface area contributed by atoms with Gasteiger partial charge in [0, 0.05) is 22.0 Å². The molecule has 0 aliphatic carbocycles. The molecule has 2 aromatic carbocycles. The van der Waals surface area contributed by atoms with Crippen molar-refractivity contribution in [3.05, 3.63) is 101 Å². The van der Waals surface area contributed by atoms with Gasteiger partial charge in [-0.05, 0) is 81.8 Å². The maximum absolute atomic E-state index is 12.9. The van der Waals surface area contributed by atoms with Crippen LogP contribution in [0, 0.1) is 0 Å². The molecule has 1 amide bonds. The lowest BCUT2D eigenvalue weighted by Gasteiger charge is -2.27. The monoisotopic (exact) mass is 576 g/mol. The molecule has 4 aromatic rings. The topological polar surface area (TPSA) is 87.2 Å². The van der Waals surface area contributed by atoms with Gasteiger partial charge in [0.1, 0.15) is 17.3 Å². The van der Waals surface area contributed by atoms with E-state index in [9.17, 15) is 9.59 Å². The van der Waals surface area contributed by atoms with Gasteiger partial charge in [-0.3, -0.25) is 9.82 Å². The number of rotatable bonds is 7. The van der Waals surface area contributed by atoms with Crippen molar-refractivity contribution in [2.45, 2.75) is 72.0 Å². The van der Waals surface area contributed by atoms with Crippen molar-refractivity contribution >= 4 is 33.7 Å². The Bertz CT molecular complexity index is 1420. The zero-order valence-electron chi connectivity index (χ0n) is 24.2. The third-order valence-corrected chi connectivity index (χ3v) is 6.78. The molecule has 0 N–H and O–H groups in total. The molecule has 0 saturated carbocycles. The second-order valence-electron chi connectivity index (χ2n) is 11.6. The van der Waals surface area contributed by atoms with Crippen molar-refractivity contribution < 1.29 is 28.6 Å². The van der Waals surface area contributed by atoms with Crippen LogP contribution in [0.2, 0.25) is 0 Å². The molecule has 0 radical (unpaired) electrons. The van der Waals surface area contributed by atoms with Crippen LogP contribution in [0.5, 0.6) is 0 Å². The molecule has 0 aliphatic heterocycles. The Balaban J connectivity index is 1.56. The highest BCUT2D eigenvalue weighted by Gasteiger charge is 2.28. The predicted octanol–water partition coefficient (Wildman–Crippen LogP) is 8.21. The van der Waals surface area contributed by atoms with Crippen molar-refractivity contribution in [2.75, 3.05) is 0 Å². The van der Waals surface area contributed by atoms with E-state index in [0.717, 1.165) is 32.0 Å². The summed E-state index contributed by atoms with van der Waals surface area (Å²) >= 11 is 1.69. The molecule has 0 bridgehead atoms. The number of carbonyl (C=O) groups excluding carboxylic acids is 2.